The topological polar surface area (TPSA) is 64.3 Å². The third-order valence-corrected chi connectivity index (χ3v) is 7.28. The number of benzene rings is 3. The Hall–Kier alpha value is -3.68. The van der Waals surface area contributed by atoms with Gasteiger partial charge < -0.3 is 14.6 Å². The number of anilines is 2. The Kier molecular flexibility index (Phi) is 6.18. The first-order valence-electron chi connectivity index (χ1n) is 11.9. The van der Waals surface area contributed by atoms with Crippen LogP contribution in [0.25, 0.3) is 28.1 Å². The molecule has 0 atom stereocenters. The lowest BCUT2D eigenvalue weighted by Gasteiger charge is -2.23. The highest BCUT2D eigenvalue weighted by atomic mass is 35.5. The summed E-state index contributed by atoms with van der Waals surface area (Å²) in [5, 5.41) is 5.06. The molecule has 1 aromatic heterocycles. The van der Waals surface area contributed by atoms with Crippen molar-refractivity contribution in [2.24, 2.45) is 4.99 Å². The van der Waals surface area contributed by atoms with Gasteiger partial charge in [0.05, 0.1) is 56.7 Å². The third-order valence-electron chi connectivity index (χ3n) is 6.54. The highest BCUT2D eigenvalue weighted by Gasteiger charge is 2.20. The molecule has 2 aliphatic carbocycles. The van der Waals surface area contributed by atoms with Gasteiger partial charge in [0.25, 0.3) is 0 Å². The van der Waals surface area contributed by atoms with Gasteiger partial charge in [-0.05, 0) is 73.9 Å². The van der Waals surface area contributed by atoms with E-state index in [0.717, 1.165) is 47.4 Å². The number of fused-ring (bicyclic) bond motifs is 2. The number of hydrogen-bond acceptors (Lipinski definition) is 5. The largest absolute Gasteiger partial charge is 0.480 e. The molecule has 2 heterocycles. The van der Waals surface area contributed by atoms with E-state index < -0.39 is 0 Å². The van der Waals surface area contributed by atoms with Gasteiger partial charge >= 0.3 is 0 Å². The molecule has 3 aromatic rings. The summed E-state index contributed by atoms with van der Waals surface area (Å²) < 4.78 is 21.8. The van der Waals surface area contributed by atoms with Crippen LogP contribution in [0.5, 0.6) is 5.88 Å². The summed E-state index contributed by atoms with van der Waals surface area (Å²) >= 11 is 12.6. The van der Waals surface area contributed by atoms with E-state index >= 15 is 0 Å². The molecule has 186 valence electrons. The maximum atomic E-state index is 14.4. The molecule has 1 fully saturated rings. The Morgan fingerprint density at radius 1 is 1.03 bits per heavy atom. The van der Waals surface area contributed by atoms with Crippen molar-refractivity contribution >= 4 is 45.6 Å². The fourth-order valence-electron chi connectivity index (χ4n) is 4.48. The Bertz CT molecular complexity index is 1680. The van der Waals surface area contributed by atoms with Crippen LogP contribution in [0, 0.1) is 5.82 Å². The Morgan fingerprint density at radius 2 is 1.89 bits per heavy atom. The van der Waals surface area contributed by atoms with Crippen LogP contribution in [0.3, 0.4) is 0 Å². The van der Waals surface area contributed by atoms with Crippen molar-refractivity contribution in [1.82, 2.24) is 14.5 Å². The average Bonchev–Trinajstić information content (AvgIpc) is 2.87. The quantitative estimate of drug-likeness (QED) is 0.243. The summed E-state index contributed by atoms with van der Waals surface area (Å²) in [6.45, 7) is 0. The average molecular weight is 534 g/mol. The maximum Gasteiger partial charge on any atom is 0.237 e. The van der Waals surface area contributed by atoms with Crippen molar-refractivity contribution < 1.29 is 9.13 Å². The van der Waals surface area contributed by atoms with Crippen LogP contribution in [0.2, 0.25) is 10.0 Å². The monoisotopic (exact) mass is 533 g/mol. The third kappa shape index (κ3) is 4.49. The van der Waals surface area contributed by atoms with Crippen molar-refractivity contribution in [3.05, 3.63) is 88.1 Å². The Morgan fingerprint density at radius 3 is 2.65 bits per heavy atom. The van der Waals surface area contributed by atoms with E-state index in [9.17, 15) is 4.39 Å². The number of rotatable bonds is 5. The van der Waals surface area contributed by atoms with Crippen LogP contribution in [-0.4, -0.2) is 27.7 Å². The first-order valence-corrected chi connectivity index (χ1v) is 12.7. The number of ether oxygens (including phenoxy) is 1. The number of halogens is 3. The molecular weight excluding hydrogens is 512 g/mol. The number of hydrogen-bond donors (Lipinski definition) is 1. The smallest absolute Gasteiger partial charge is 0.237 e. The van der Waals surface area contributed by atoms with Gasteiger partial charge in [-0.3, -0.25) is 4.99 Å². The summed E-state index contributed by atoms with van der Waals surface area (Å²) in [5.41, 5.74) is 4.93. The summed E-state index contributed by atoms with van der Waals surface area (Å²) in [7, 11) is 1.58. The minimum Gasteiger partial charge on any atom is -0.480 e. The van der Waals surface area contributed by atoms with Gasteiger partial charge in [0.15, 0.2) is 0 Å². The van der Waals surface area contributed by atoms with E-state index in [1.165, 1.54) is 12.1 Å². The first-order chi connectivity index (χ1) is 18.0. The minimum atomic E-state index is -0.358. The number of nitrogens with zero attached hydrogens (tertiary/aromatic N) is 4. The molecule has 1 saturated carbocycles. The van der Waals surface area contributed by atoms with E-state index in [1.807, 2.05) is 34.9 Å². The molecule has 1 N–H and O–H groups in total. The lowest BCUT2D eigenvalue weighted by molar-refractivity contribution is 0.400. The number of methoxy groups -OCH3 is 1. The highest BCUT2D eigenvalue weighted by molar-refractivity contribution is 6.42. The van der Waals surface area contributed by atoms with Gasteiger partial charge in [0.2, 0.25) is 5.88 Å². The summed E-state index contributed by atoms with van der Waals surface area (Å²) in [6.07, 6.45) is 4.93. The van der Waals surface area contributed by atoms with E-state index in [-0.39, 0.29) is 11.9 Å². The van der Waals surface area contributed by atoms with Crippen molar-refractivity contribution in [2.45, 2.75) is 25.3 Å². The zero-order chi connectivity index (χ0) is 25.5. The predicted octanol–water partition coefficient (Wildman–Crippen LogP) is 7.18. The van der Waals surface area contributed by atoms with Crippen molar-refractivity contribution in [3.63, 3.8) is 0 Å². The second-order valence-electron chi connectivity index (χ2n) is 8.94. The maximum absolute atomic E-state index is 14.4. The van der Waals surface area contributed by atoms with Crippen molar-refractivity contribution in [1.29, 1.82) is 0 Å². The van der Waals surface area contributed by atoms with Crippen LogP contribution in [0.1, 0.15) is 19.3 Å². The van der Waals surface area contributed by atoms with Crippen molar-refractivity contribution in [2.75, 3.05) is 12.4 Å². The molecule has 0 radical (unpaired) electrons. The molecular formula is C28H22Cl2FN5O. The lowest BCUT2D eigenvalue weighted by Crippen LogP contribution is -2.22. The Balaban J connectivity index is 1.65. The second kappa shape index (κ2) is 9.65. The van der Waals surface area contributed by atoms with Crippen LogP contribution in [0.15, 0.2) is 71.9 Å². The molecule has 6 rings (SSSR count). The minimum absolute atomic E-state index is 0.248. The molecule has 0 saturated heterocycles. The number of nitrogens with one attached hydrogen (secondary N) is 1. The van der Waals surface area contributed by atoms with Crippen LogP contribution in [-0.2, 0) is 0 Å². The fourth-order valence-corrected chi connectivity index (χ4v) is 4.77. The normalized spacial score (nSPS) is 14.2. The molecule has 37 heavy (non-hydrogen) atoms. The molecule has 2 aromatic carbocycles. The molecule has 0 amide bonds. The van der Waals surface area contributed by atoms with Gasteiger partial charge in [-0.15, -0.1) is 0 Å². The summed E-state index contributed by atoms with van der Waals surface area (Å²) in [5.74, 6) is 0.119. The van der Waals surface area contributed by atoms with E-state index in [4.69, 9.17) is 37.9 Å². The second-order valence-corrected chi connectivity index (χ2v) is 9.75. The summed E-state index contributed by atoms with van der Waals surface area (Å²) in [6, 6.07) is 17.8. The zero-order valence-electron chi connectivity index (χ0n) is 19.9. The fraction of sp³-hybridized carbons (Fsp3) is 0.179. The predicted molar refractivity (Wildman–Crippen MR) is 145 cm³/mol. The van der Waals surface area contributed by atoms with Crippen molar-refractivity contribution in [3.8, 4) is 23.0 Å². The molecule has 3 aliphatic rings. The molecule has 0 unspecified atom stereocenters. The van der Waals surface area contributed by atoms with Gasteiger partial charge in [-0.25, -0.2) is 14.4 Å². The lowest BCUT2D eigenvalue weighted by atomic mass is 9.94. The summed E-state index contributed by atoms with van der Waals surface area (Å²) in [4.78, 5) is 14.2. The van der Waals surface area contributed by atoms with Crippen LogP contribution >= 0.6 is 23.2 Å². The molecule has 1 aliphatic heterocycles. The molecule has 0 spiro atoms. The first kappa shape index (κ1) is 23.7. The number of aromatic nitrogens is 3. The molecule has 0 bridgehead atoms. The number of pyridine rings is 1. The standard InChI is InChI=1S/C28H22Cl2FN5O/c1-37-28-22(6-3-11-32-28)35-23-14-25-27(15-24(23)33-17-4-2-5-17)36(18-8-9-19(29)20(30)13-18)26-12-16(31)7-10-21(26)34-25/h3,6-15,17,35H,2,4-5H2,1H3/b33-24+. The van der Waals surface area contributed by atoms with E-state index in [1.54, 1.807) is 31.5 Å². The van der Waals surface area contributed by atoms with E-state index in [0.29, 0.717) is 32.7 Å². The van der Waals surface area contributed by atoms with E-state index in [2.05, 4.69) is 10.3 Å². The van der Waals surface area contributed by atoms with Gasteiger partial charge in [-0.1, -0.05) is 23.2 Å². The van der Waals surface area contributed by atoms with Crippen LogP contribution in [0.4, 0.5) is 15.8 Å². The van der Waals surface area contributed by atoms with Crippen LogP contribution < -0.4 is 15.4 Å². The van der Waals surface area contributed by atoms with Gasteiger partial charge in [0.1, 0.15) is 11.5 Å². The van der Waals surface area contributed by atoms with Gasteiger partial charge in [0, 0.05) is 18.0 Å². The molecule has 6 nitrogen and oxygen atoms in total. The highest BCUT2D eigenvalue weighted by Crippen LogP contribution is 2.34. The Labute approximate surface area is 222 Å². The van der Waals surface area contributed by atoms with Gasteiger partial charge in [-0.2, -0.15) is 0 Å². The molecule has 9 heteroatoms. The zero-order valence-corrected chi connectivity index (χ0v) is 21.4. The SMILES string of the molecule is COc1ncccc1Nc1cc2nc3ccc(F)cc3n(-c3ccc(Cl)c(Cl)c3)c-2c/c1=N\C1CCC1.